The number of carbonyl (C=O) groups excluding carboxylic acids is 1. The van der Waals surface area contributed by atoms with E-state index in [1.807, 2.05) is 67.3 Å². The minimum absolute atomic E-state index is 0.00338. The zero-order valence-corrected chi connectivity index (χ0v) is 18.3. The van der Waals surface area contributed by atoms with Crippen LogP contribution < -0.4 is 16.2 Å². The lowest BCUT2D eigenvalue weighted by atomic mass is 9.83. The van der Waals surface area contributed by atoms with Gasteiger partial charge in [-0.15, -0.1) is 0 Å². The second-order valence-corrected chi connectivity index (χ2v) is 8.91. The number of rotatable bonds is 3. The summed E-state index contributed by atoms with van der Waals surface area (Å²) in [6, 6.07) is 18.5. The molecule has 7 nitrogen and oxygen atoms in total. The molecular weight excluding hydrogens is 402 g/mol. The highest BCUT2D eigenvalue weighted by molar-refractivity contribution is 6.03. The Bertz CT molecular complexity index is 1390. The van der Waals surface area contributed by atoms with E-state index < -0.39 is 5.41 Å². The Morgan fingerprint density at radius 1 is 0.969 bits per heavy atom. The number of fused-ring (bicyclic) bond motifs is 1. The van der Waals surface area contributed by atoms with Gasteiger partial charge >= 0.3 is 0 Å². The van der Waals surface area contributed by atoms with Gasteiger partial charge in [0.2, 0.25) is 11.5 Å². The summed E-state index contributed by atoms with van der Waals surface area (Å²) < 4.78 is 3.31. The van der Waals surface area contributed by atoms with Crippen molar-refractivity contribution in [2.24, 2.45) is 18.2 Å². The smallest absolute Gasteiger partial charge is 0.250 e. The normalized spacial score (nSPS) is 20.2. The van der Waals surface area contributed by atoms with Crippen LogP contribution in [0.2, 0.25) is 0 Å². The number of aromatic nitrogens is 3. The van der Waals surface area contributed by atoms with Gasteiger partial charge in [0.05, 0.1) is 28.9 Å². The molecule has 2 atom stereocenters. The highest BCUT2D eigenvalue weighted by Crippen LogP contribution is 2.45. The number of carbonyl (C=O) groups is 1. The Hall–Kier alpha value is -3.71. The third kappa shape index (κ3) is 2.97. The van der Waals surface area contributed by atoms with Crippen LogP contribution in [0.15, 0.2) is 77.9 Å². The van der Waals surface area contributed by atoms with Crippen LogP contribution in [0.25, 0.3) is 16.6 Å². The first-order chi connectivity index (χ1) is 15.3. The van der Waals surface area contributed by atoms with Gasteiger partial charge in [-0.25, -0.2) is 4.68 Å². The van der Waals surface area contributed by atoms with E-state index in [-0.39, 0.29) is 23.6 Å². The fraction of sp³-hybridized carbons (Fsp3) is 0.240. The molecule has 5 rings (SSSR count). The highest BCUT2D eigenvalue weighted by atomic mass is 16.2. The maximum Gasteiger partial charge on any atom is 0.250 e. The molecule has 4 aromatic rings. The van der Waals surface area contributed by atoms with E-state index in [0.29, 0.717) is 0 Å². The van der Waals surface area contributed by atoms with Crippen molar-refractivity contribution in [3.05, 3.63) is 89.0 Å². The number of aryl methyl sites for hydroxylation is 1. The number of hydrogen-bond acceptors (Lipinski definition) is 4. The van der Waals surface area contributed by atoms with Crippen LogP contribution in [0.5, 0.6) is 0 Å². The Balaban J connectivity index is 1.61. The van der Waals surface area contributed by atoms with Crippen molar-refractivity contribution >= 4 is 22.5 Å². The molecule has 1 saturated heterocycles. The summed E-state index contributed by atoms with van der Waals surface area (Å²) in [7, 11) is 1.71. The van der Waals surface area contributed by atoms with Crippen molar-refractivity contribution in [1.29, 1.82) is 0 Å². The molecule has 32 heavy (non-hydrogen) atoms. The maximum atomic E-state index is 13.4. The Labute approximate surface area is 185 Å². The number of amides is 1. The van der Waals surface area contributed by atoms with Crippen molar-refractivity contribution in [2.75, 3.05) is 4.90 Å². The van der Waals surface area contributed by atoms with E-state index >= 15 is 0 Å². The van der Waals surface area contributed by atoms with E-state index in [2.05, 4.69) is 5.10 Å². The lowest BCUT2D eigenvalue weighted by molar-refractivity contribution is -0.124. The zero-order chi connectivity index (χ0) is 22.6. The second-order valence-electron chi connectivity index (χ2n) is 8.91. The van der Waals surface area contributed by atoms with Crippen molar-refractivity contribution in [2.45, 2.75) is 25.9 Å². The minimum atomic E-state index is -0.686. The van der Waals surface area contributed by atoms with Crippen molar-refractivity contribution in [1.82, 2.24) is 14.3 Å². The SMILES string of the molecule is Cn1cc(-n2ncc3cc(N4C(=O)C(C)(C)[C@H](N)[C@H]4c4ccccc4)ccc32)ccc1=O. The van der Waals surface area contributed by atoms with Crippen LogP contribution in [-0.4, -0.2) is 26.3 Å². The van der Waals surface area contributed by atoms with Crippen LogP contribution >= 0.6 is 0 Å². The van der Waals surface area contributed by atoms with E-state index in [1.54, 1.807) is 30.2 Å². The molecule has 2 aromatic carbocycles. The van der Waals surface area contributed by atoms with E-state index in [9.17, 15) is 9.59 Å². The molecule has 7 heteroatoms. The summed E-state index contributed by atoms with van der Waals surface area (Å²) in [4.78, 5) is 27.0. The quantitative estimate of drug-likeness (QED) is 0.544. The largest absolute Gasteiger partial charge is 0.325 e. The highest BCUT2D eigenvalue weighted by Gasteiger charge is 2.53. The molecule has 2 N–H and O–H groups in total. The van der Waals surface area contributed by atoms with E-state index in [4.69, 9.17) is 5.73 Å². The molecule has 0 radical (unpaired) electrons. The second kappa shape index (κ2) is 7.17. The lowest BCUT2D eigenvalue weighted by Crippen LogP contribution is -2.38. The van der Waals surface area contributed by atoms with Crippen LogP contribution in [0.1, 0.15) is 25.5 Å². The summed E-state index contributed by atoms with van der Waals surface area (Å²) in [6.45, 7) is 3.82. The van der Waals surface area contributed by atoms with Crippen molar-refractivity contribution < 1.29 is 4.79 Å². The zero-order valence-electron chi connectivity index (χ0n) is 18.3. The first-order valence-corrected chi connectivity index (χ1v) is 10.6. The fourth-order valence-electron chi connectivity index (χ4n) is 4.50. The van der Waals surface area contributed by atoms with E-state index in [0.717, 1.165) is 27.8 Å². The molecule has 1 aliphatic rings. The standard InChI is InChI=1S/C25H25N5O2/c1-25(2)23(26)22(16-7-5-4-6-8-16)29(24(25)32)18-9-11-20-17(13-18)14-27-30(20)19-10-12-21(31)28(3)15-19/h4-15,22-23H,26H2,1-3H3/t22-,23-/m1/s1. The molecule has 0 saturated carbocycles. The number of nitrogens with zero attached hydrogens (tertiary/aromatic N) is 4. The average molecular weight is 428 g/mol. The summed E-state index contributed by atoms with van der Waals surface area (Å²) >= 11 is 0. The minimum Gasteiger partial charge on any atom is -0.325 e. The first-order valence-electron chi connectivity index (χ1n) is 10.6. The van der Waals surface area contributed by atoms with Crippen molar-refractivity contribution in [3.63, 3.8) is 0 Å². The molecule has 1 fully saturated rings. The van der Waals surface area contributed by atoms with E-state index in [1.165, 1.54) is 10.6 Å². The molecule has 0 bridgehead atoms. The Morgan fingerprint density at radius 3 is 2.41 bits per heavy atom. The van der Waals surface area contributed by atoms with Crippen LogP contribution in [0, 0.1) is 5.41 Å². The molecule has 0 spiro atoms. The van der Waals surface area contributed by atoms with Crippen LogP contribution in [-0.2, 0) is 11.8 Å². The van der Waals surface area contributed by atoms with Gasteiger partial charge < -0.3 is 15.2 Å². The lowest BCUT2D eigenvalue weighted by Gasteiger charge is -2.27. The molecule has 0 aliphatic carbocycles. The van der Waals surface area contributed by atoms with Crippen molar-refractivity contribution in [3.8, 4) is 5.69 Å². The molecule has 2 aromatic heterocycles. The predicted octanol–water partition coefficient (Wildman–Crippen LogP) is 3.17. The van der Waals surface area contributed by atoms with Gasteiger partial charge in [-0.05, 0) is 43.7 Å². The molecule has 3 heterocycles. The molecule has 1 amide bonds. The first kappa shape index (κ1) is 20.2. The topological polar surface area (TPSA) is 86.2 Å². The van der Waals surface area contributed by atoms with Crippen LogP contribution in [0.4, 0.5) is 5.69 Å². The third-order valence-corrected chi connectivity index (χ3v) is 6.51. The number of nitrogens with two attached hydrogens (primary N) is 1. The van der Waals surface area contributed by atoms with Gasteiger partial charge in [0.15, 0.2) is 0 Å². The van der Waals surface area contributed by atoms with Gasteiger partial charge in [0.25, 0.3) is 0 Å². The van der Waals surface area contributed by atoms with Gasteiger partial charge in [-0.2, -0.15) is 5.10 Å². The molecule has 0 unspecified atom stereocenters. The average Bonchev–Trinajstić information content (AvgIpc) is 3.28. The Morgan fingerprint density at radius 2 is 1.69 bits per heavy atom. The summed E-state index contributed by atoms with van der Waals surface area (Å²) in [6.07, 6.45) is 3.52. The molecule has 1 aliphatic heterocycles. The predicted molar refractivity (Wildman–Crippen MR) is 125 cm³/mol. The summed E-state index contributed by atoms with van der Waals surface area (Å²) in [5.74, 6) is 0.00338. The number of anilines is 1. The fourth-order valence-corrected chi connectivity index (χ4v) is 4.50. The monoisotopic (exact) mass is 427 g/mol. The van der Waals surface area contributed by atoms with Gasteiger partial charge in [0.1, 0.15) is 0 Å². The number of pyridine rings is 1. The molecular formula is C25H25N5O2. The van der Waals surface area contributed by atoms with Crippen LogP contribution in [0.3, 0.4) is 0 Å². The Kier molecular flexibility index (Phi) is 4.53. The summed E-state index contributed by atoms with van der Waals surface area (Å²) in [5.41, 5.74) is 9.34. The van der Waals surface area contributed by atoms with Gasteiger partial charge in [-0.1, -0.05) is 30.3 Å². The molecule has 162 valence electrons. The van der Waals surface area contributed by atoms with Gasteiger partial charge in [-0.3, -0.25) is 9.59 Å². The summed E-state index contributed by atoms with van der Waals surface area (Å²) in [5, 5.41) is 5.41. The van der Waals surface area contributed by atoms with Gasteiger partial charge in [0, 0.05) is 36.4 Å². The maximum absolute atomic E-state index is 13.4. The number of benzene rings is 2. The third-order valence-electron chi connectivity index (χ3n) is 6.51. The number of hydrogen-bond donors (Lipinski definition) is 1.